The highest BCUT2D eigenvalue weighted by atomic mass is 19.1. The summed E-state index contributed by atoms with van der Waals surface area (Å²) in [4.78, 5) is 21.2. The molecule has 0 aliphatic carbocycles. The summed E-state index contributed by atoms with van der Waals surface area (Å²) >= 11 is 0. The van der Waals surface area contributed by atoms with Gasteiger partial charge in [-0.25, -0.2) is 13.5 Å². The van der Waals surface area contributed by atoms with E-state index in [9.17, 15) is 13.6 Å². The molecular weight excluding hydrogens is 390 g/mol. The fraction of sp³-hybridized carbons (Fsp3) is 0.190. The van der Waals surface area contributed by atoms with Crippen LogP contribution in [0.4, 0.5) is 26.1 Å². The maximum absolute atomic E-state index is 14.6. The molecule has 5 rings (SSSR count). The lowest BCUT2D eigenvalue weighted by molar-refractivity contribution is 0.578. The predicted molar refractivity (Wildman–Crippen MR) is 111 cm³/mol. The Balaban J connectivity index is 1.52. The summed E-state index contributed by atoms with van der Waals surface area (Å²) in [6.07, 6.45) is 3.26. The summed E-state index contributed by atoms with van der Waals surface area (Å²) in [6, 6.07) is 11.7. The number of nitrogens with one attached hydrogen (secondary N) is 2. The van der Waals surface area contributed by atoms with Gasteiger partial charge in [-0.05, 0) is 37.1 Å². The van der Waals surface area contributed by atoms with Crippen LogP contribution in [0.2, 0.25) is 0 Å². The average Bonchev–Trinajstić information content (AvgIpc) is 3.38. The Morgan fingerprint density at radius 2 is 1.73 bits per heavy atom. The van der Waals surface area contributed by atoms with E-state index in [0.717, 1.165) is 18.5 Å². The normalized spacial score (nSPS) is 13.9. The van der Waals surface area contributed by atoms with E-state index in [1.54, 1.807) is 4.90 Å². The van der Waals surface area contributed by atoms with Crippen LogP contribution < -0.4 is 15.8 Å². The maximum atomic E-state index is 14.6. The van der Waals surface area contributed by atoms with Crippen molar-refractivity contribution in [3.05, 3.63) is 70.6 Å². The molecule has 1 aliphatic heterocycles. The first-order chi connectivity index (χ1) is 14.6. The van der Waals surface area contributed by atoms with Crippen molar-refractivity contribution in [3.8, 4) is 5.69 Å². The molecule has 1 aliphatic rings. The van der Waals surface area contributed by atoms with Crippen LogP contribution in [0.1, 0.15) is 12.8 Å². The molecule has 0 unspecified atom stereocenters. The SMILES string of the molecule is O=c1[nH]c(Nc2cc(F)c(N3CCCC3)c(F)c2)nc2c1cnn2-c1ccccc1. The van der Waals surface area contributed by atoms with E-state index in [-0.39, 0.29) is 17.3 Å². The third-order valence-electron chi connectivity index (χ3n) is 5.14. The van der Waals surface area contributed by atoms with E-state index < -0.39 is 17.2 Å². The number of benzene rings is 2. The number of nitrogens with zero attached hydrogens (tertiary/aromatic N) is 4. The van der Waals surface area contributed by atoms with Gasteiger partial charge in [-0.15, -0.1) is 0 Å². The van der Waals surface area contributed by atoms with Crippen LogP contribution in [-0.4, -0.2) is 32.8 Å². The van der Waals surface area contributed by atoms with E-state index >= 15 is 0 Å². The molecule has 0 bridgehead atoms. The summed E-state index contributed by atoms with van der Waals surface area (Å²) in [6.45, 7) is 1.27. The van der Waals surface area contributed by atoms with Gasteiger partial charge in [0.1, 0.15) is 11.1 Å². The minimum Gasteiger partial charge on any atom is -0.367 e. The molecule has 152 valence electrons. The second kappa shape index (κ2) is 7.25. The average molecular weight is 408 g/mol. The van der Waals surface area contributed by atoms with Gasteiger partial charge in [0.05, 0.1) is 11.9 Å². The fourth-order valence-electron chi connectivity index (χ4n) is 3.75. The van der Waals surface area contributed by atoms with Gasteiger partial charge in [0, 0.05) is 18.8 Å². The molecule has 2 aromatic carbocycles. The molecule has 0 spiro atoms. The van der Waals surface area contributed by atoms with Gasteiger partial charge in [0.15, 0.2) is 17.3 Å². The summed E-state index contributed by atoms with van der Waals surface area (Å²) in [5, 5.41) is 7.35. The highest BCUT2D eigenvalue weighted by Crippen LogP contribution is 2.30. The molecule has 30 heavy (non-hydrogen) atoms. The number of H-pyrrole nitrogens is 1. The van der Waals surface area contributed by atoms with Crippen molar-refractivity contribution < 1.29 is 8.78 Å². The Morgan fingerprint density at radius 1 is 1.03 bits per heavy atom. The zero-order valence-corrected chi connectivity index (χ0v) is 15.9. The van der Waals surface area contributed by atoms with Crippen molar-refractivity contribution in [2.75, 3.05) is 23.3 Å². The molecule has 7 nitrogen and oxygen atoms in total. The van der Waals surface area contributed by atoms with Gasteiger partial charge in [-0.3, -0.25) is 9.78 Å². The lowest BCUT2D eigenvalue weighted by Crippen LogP contribution is -2.20. The highest BCUT2D eigenvalue weighted by molar-refractivity contribution is 5.77. The number of fused-ring (bicyclic) bond motifs is 1. The molecule has 3 heterocycles. The molecule has 2 N–H and O–H groups in total. The van der Waals surface area contributed by atoms with Gasteiger partial charge in [-0.1, -0.05) is 18.2 Å². The van der Waals surface area contributed by atoms with Crippen molar-refractivity contribution >= 4 is 28.4 Å². The molecule has 0 radical (unpaired) electrons. The fourth-order valence-corrected chi connectivity index (χ4v) is 3.75. The smallest absolute Gasteiger partial charge is 0.263 e. The quantitative estimate of drug-likeness (QED) is 0.538. The lowest BCUT2D eigenvalue weighted by Gasteiger charge is -2.19. The van der Waals surface area contributed by atoms with Gasteiger partial charge in [0.2, 0.25) is 5.95 Å². The second-order valence-corrected chi connectivity index (χ2v) is 7.15. The minimum atomic E-state index is -0.655. The number of hydrogen-bond donors (Lipinski definition) is 2. The van der Waals surface area contributed by atoms with E-state index in [1.807, 2.05) is 30.3 Å². The topological polar surface area (TPSA) is 78.8 Å². The Morgan fingerprint density at radius 3 is 2.43 bits per heavy atom. The standard InChI is InChI=1S/C21H18F2N6O/c22-16-10-13(11-17(23)18(16)28-8-4-5-9-28)25-21-26-19-15(20(30)27-21)12-24-29(19)14-6-2-1-3-7-14/h1-3,6-7,10-12H,4-5,8-9H2,(H2,25,26,27,30). The van der Waals surface area contributed by atoms with Crippen LogP contribution >= 0.6 is 0 Å². The lowest BCUT2D eigenvalue weighted by atomic mass is 10.2. The van der Waals surface area contributed by atoms with Crippen molar-refractivity contribution in [2.45, 2.75) is 12.8 Å². The molecule has 2 aromatic heterocycles. The molecular formula is C21H18F2N6O. The van der Waals surface area contributed by atoms with Crippen molar-refractivity contribution in [1.29, 1.82) is 0 Å². The maximum Gasteiger partial charge on any atom is 0.263 e. The van der Waals surface area contributed by atoms with Crippen LogP contribution in [-0.2, 0) is 0 Å². The van der Waals surface area contributed by atoms with Crippen LogP contribution in [0.25, 0.3) is 16.7 Å². The van der Waals surface area contributed by atoms with Gasteiger partial charge >= 0.3 is 0 Å². The van der Waals surface area contributed by atoms with Crippen LogP contribution in [0.15, 0.2) is 53.5 Å². The first kappa shape index (κ1) is 18.3. The summed E-state index contributed by atoms with van der Waals surface area (Å²) in [5.74, 6) is -1.24. The third kappa shape index (κ3) is 3.18. The Bertz CT molecular complexity index is 1250. The van der Waals surface area contributed by atoms with Crippen LogP contribution in [0.3, 0.4) is 0 Å². The second-order valence-electron chi connectivity index (χ2n) is 7.15. The number of aromatic nitrogens is 4. The Labute approximate surface area is 170 Å². The van der Waals surface area contributed by atoms with Gasteiger partial charge in [-0.2, -0.15) is 10.1 Å². The van der Waals surface area contributed by atoms with Crippen molar-refractivity contribution in [1.82, 2.24) is 19.7 Å². The number of anilines is 3. The molecule has 0 amide bonds. The highest BCUT2D eigenvalue weighted by Gasteiger charge is 2.21. The minimum absolute atomic E-state index is 0.0166. The first-order valence-corrected chi connectivity index (χ1v) is 9.64. The van der Waals surface area contributed by atoms with E-state index in [4.69, 9.17) is 0 Å². The number of aromatic amines is 1. The summed E-state index contributed by atoms with van der Waals surface area (Å²) in [7, 11) is 0. The Kier molecular flexibility index (Phi) is 4.42. The van der Waals surface area contributed by atoms with Crippen LogP contribution in [0, 0.1) is 11.6 Å². The molecule has 1 saturated heterocycles. The van der Waals surface area contributed by atoms with Gasteiger partial charge < -0.3 is 10.2 Å². The number of halogens is 2. The molecule has 0 atom stereocenters. The largest absolute Gasteiger partial charge is 0.367 e. The Hall–Kier alpha value is -3.75. The van der Waals surface area contributed by atoms with Crippen molar-refractivity contribution in [3.63, 3.8) is 0 Å². The predicted octanol–water partition coefficient (Wildman–Crippen LogP) is 3.73. The van der Waals surface area contributed by atoms with Crippen LogP contribution in [0.5, 0.6) is 0 Å². The first-order valence-electron chi connectivity index (χ1n) is 9.64. The molecule has 1 fully saturated rings. The molecule has 0 saturated carbocycles. The van der Waals surface area contributed by atoms with Crippen molar-refractivity contribution in [2.24, 2.45) is 0 Å². The summed E-state index contributed by atoms with van der Waals surface area (Å²) < 4.78 is 30.7. The monoisotopic (exact) mass is 408 g/mol. The molecule has 9 heteroatoms. The number of para-hydroxylation sites is 1. The van der Waals surface area contributed by atoms with E-state index in [2.05, 4.69) is 20.4 Å². The summed E-state index contributed by atoms with van der Waals surface area (Å²) in [5.41, 5.74) is 0.809. The van der Waals surface area contributed by atoms with E-state index in [0.29, 0.717) is 24.1 Å². The zero-order valence-electron chi connectivity index (χ0n) is 15.9. The molecule has 4 aromatic rings. The zero-order chi connectivity index (χ0) is 20.7. The number of rotatable bonds is 4. The number of hydrogen-bond acceptors (Lipinski definition) is 5. The third-order valence-corrected chi connectivity index (χ3v) is 5.14. The van der Waals surface area contributed by atoms with E-state index in [1.165, 1.54) is 23.0 Å². The van der Waals surface area contributed by atoms with Gasteiger partial charge in [0.25, 0.3) is 5.56 Å².